The van der Waals surface area contributed by atoms with Crippen molar-refractivity contribution in [2.24, 2.45) is 0 Å². The topological polar surface area (TPSA) is 105 Å². The summed E-state index contributed by atoms with van der Waals surface area (Å²) >= 11 is 0. The van der Waals surface area contributed by atoms with E-state index in [0.717, 1.165) is 22.3 Å². The molecule has 8 heteroatoms. The lowest BCUT2D eigenvalue weighted by atomic mass is 9.49. The van der Waals surface area contributed by atoms with Crippen molar-refractivity contribution in [2.75, 3.05) is 28.4 Å². The minimum absolute atomic E-state index is 0.0417. The van der Waals surface area contributed by atoms with E-state index in [1.165, 1.54) is 28.4 Å². The quantitative estimate of drug-likeness (QED) is 0.174. The summed E-state index contributed by atoms with van der Waals surface area (Å²) in [4.78, 5) is 48.7. The molecular weight excluding hydrogens is 560 g/mol. The van der Waals surface area contributed by atoms with Gasteiger partial charge in [-0.05, 0) is 94.5 Å². The molecule has 4 aromatic rings. The zero-order valence-corrected chi connectivity index (χ0v) is 24.8. The van der Waals surface area contributed by atoms with Gasteiger partial charge >= 0.3 is 23.9 Å². The lowest BCUT2D eigenvalue weighted by Gasteiger charge is -2.54. The van der Waals surface area contributed by atoms with Gasteiger partial charge in [-0.3, -0.25) is 0 Å². The molecule has 5 rings (SSSR count). The fourth-order valence-electron chi connectivity index (χ4n) is 6.24. The van der Waals surface area contributed by atoms with Gasteiger partial charge in [0.05, 0.1) is 50.7 Å². The molecule has 0 unspecified atom stereocenters. The van der Waals surface area contributed by atoms with E-state index < -0.39 is 23.9 Å². The first-order valence-corrected chi connectivity index (χ1v) is 14.0. The summed E-state index contributed by atoms with van der Waals surface area (Å²) in [6.45, 7) is 0. The maximum atomic E-state index is 12.2. The average Bonchev–Trinajstić information content (AvgIpc) is 3.07. The maximum Gasteiger partial charge on any atom is 0.337 e. The molecule has 1 aliphatic carbocycles. The molecule has 1 fully saturated rings. The molecule has 0 aromatic heterocycles. The van der Waals surface area contributed by atoms with Gasteiger partial charge in [0.25, 0.3) is 0 Å². The van der Waals surface area contributed by atoms with Gasteiger partial charge < -0.3 is 18.9 Å². The zero-order valence-electron chi connectivity index (χ0n) is 24.8. The average molecular weight is 593 g/mol. The Balaban J connectivity index is 1.65. The van der Waals surface area contributed by atoms with Gasteiger partial charge in [-0.1, -0.05) is 48.5 Å². The molecule has 0 bridgehead atoms. The molecule has 0 N–H and O–H groups in total. The van der Waals surface area contributed by atoms with Crippen LogP contribution in [-0.2, 0) is 18.9 Å². The van der Waals surface area contributed by atoms with Crippen molar-refractivity contribution in [3.05, 3.63) is 142 Å². The van der Waals surface area contributed by atoms with E-state index in [0.29, 0.717) is 22.3 Å². The standard InChI is InChI=1S/C36H32O8/c1-41-33(37)25-13-5-21(6-14-25)29-30(22-7-15-26(16-8-22)34(38)42-2)32(24-11-19-28(20-12-24)36(40)44-4)31(29)23-9-17-27(18-10-23)35(39)43-3/h5-20,29-32H,1-4H3. The fourth-order valence-corrected chi connectivity index (χ4v) is 6.24. The third-order valence-electron chi connectivity index (χ3n) is 8.41. The Morgan fingerprint density at radius 1 is 0.341 bits per heavy atom. The van der Waals surface area contributed by atoms with Crippen molar-refractivity contribution >= 4 is 23.9 Å². The van der Waals surface area contributed by atoms with E-state index in [2.05, 4.69) is 0 Å². The first kappa shape index (κ1) is 30.2. The molecule has 224 valence electrons. The Bertz CT molecular complexity index is 1390. The van der Waals surface area contributed by atoms with Crippen LogP contribution in [0.4, 0.5) is 0 Å². The van der Waals surface area contributed by atoms with E-state index in [9.17, 15) is 19.2 Å². The smallest absolute Gasteiger partial charge is 0.337 e. The SMILES string of the molecule is COC(=O)c1ccc(C2C(c3ccc(C(=O)OC)cc3)C(c3ccc(C(=O)OC)cc3)C2c2ccc(C(=O)OC)cc2)cc1. The van der Waals surface area contributed by atoms with Gasteiger partial charge in [-0.15, -0.1) is 0 Å². The molecule has 0 radical (unpaired) electrons. The molecule has 44 heavy (non-hydrogen) atoms. The largest absolute Gasteiger partial charge is 0.465 e. The molecule has 1 aliphatic rings. The van der Waals surface area contributed by atoms with Gasteiger partial charge in [-0.2, -0.15) is 0 Å². The van der Waals surface area contributed by atoms with E-state index >= 15 is 0 Å². The number of carbonyl (C=O) groups excluding carboxylic acids is 4. The van der Waals surface area contributed by atoms with Crippen molar-refractivity contribution < 1.29 is 38.1 Å². The molecule has 0 aliphatic heterocycles. The van der Waals surface area contributed by atoms with Gasteiger partial charge in [-0.25, -0.2) is 19.2 Å². The summed E-state index contributed by atoms with van der Waals surface area (Å²) in [6.07, 6.45) is 0. The minimum Gasteiger partial charge on any atom is -0.465 e. The highest BCUT2D eigenvalue weighted by atomic mass is 16.5. The van der Waals surface area contributed by atoms with E-state index in [4.69, 9.17) is 18.9 Å². The molecular formula is C36H32O8. The highest BCUT2D eigenvalue weighted by Crippen LogP contribution is 2.66. The Morgan fingerprint density at radius 3 is 0.636 bits per heavy atom. The molecule has 0 spiro atoms. The van der Waals surface area contributed by atoms with Crippen LogP contribution in [0.25, 0.3) is 0 Å². The molecule has 0 heterocycles. The van der Waals surface area contributed by atoms with Crippen molar-refractivity contribution in [1.29, 1.82) is 0 Å². The zero-order chi connectivity index (χ0) is 31.4. The molecule has 0 atom stereocenters. The minimum atomic E-state index is -0.418. The number of carbonyl (C=O) groups is 4. The Kier molecular flexibility index (Phi) is 8.90. The Hall–Kier alpha value is -5.24. The summed E-state index contributed by atoms with van der Waals surface area (Å²) in [5.41, 5.74) is 5.86. The molecule has 4 aromatic carbocycles. The van der Waals surface area contributed by atoms with Crippen molar-refractivity contribution in [2.45, 2.75) is 23.7 Å². The number of esters is 4. The first-order valence-electron chi connectivity index (χ1n) is 14.0. The number of ether oxygens (including phenoxy) is 4. The van der Waals surface area contributed by atoms with Crippen LogP contribution in [0.2, 0.25) is 0 Å². The summed E-state index contributed by atoms with van der Waals surface area (Å²) < 4.78 is 19.6. The number of hydrogen-bond donors (Lipinski definition) is 0. The van der Waals surface area contributed by atoms with Crippen LogP contribution in [0.5, 0.6) is 0 Å². The van der Waals surface area contributed by atoms with Crippen LogP contribution < -0.4 is 0 Å². The number of methoxy groups -OCH3 is 4. The second-order valence-corrected chi connectivity index (χ2v) is 10.6. The first-order chi connectivity index (χ1) is 21.3. The predicted molar refractivity (Wildman–Crippen MR) is 162 cm³/mol. The summed E-state index contributed by atoms with van der Waals surface area (Å²) in [7, 11) is 5.39. The lowest BCUT2D eigenvalue weighted by molar-refractivity contribution is 0.0591. The van der Waals surface area contributed by atoms with Gasteiger partial charge in [0.1, 0.15) is 0 Å². The molecule has 1 saturated carbocycles. The van der Waals surface area contributed by atoms with Crippen LogP contribution in [0, 0.1) is 0 Å². The second-order valence-electron chi connectivity index (χ2n) is 10.6. The molecule has 0 amide bonds. The van der Waals surface area contributed by atoms with E-state index in [1.54, 1.807) is 48.5 Å². The molecule has 0 saturated heterocycles. The van der Waals surface area contributed by atoms with Crippen molar-refractivity contribution in [3.8, 4) is 0 Å². The third kappa shape index (κ3) is 5.71. The van der Waals surface area contributed by atoms with Gasteiger partial charge in [0.15, 0.2) is 0 Å². The Morgan fingerprint density at radius 2 is 0.500 bits per heavy atom. The van der Waals surface area contributed by atoms with Gasteiger partial charge in [0, 0.05) is 0 Å². The van der Waals surface area contributed by atoms with Crippen molar-refractivity contribution in [1.82, 2.24) is 0 Å². The monoisotopic (exact) mass is 592 g/mol. The Labute approximate surface area is 255 Å². The summed E-state index contributed by atoms with van der Waals surface area (Å²) in [5, 5.41) is 0. The second kappa shape index (κ2) is 13.0. The fraction of sp³-hybridized carbons (Fsp3) is 0.222. The lowest BCUT2D eigenvalue weighted by Crippen LogP contribution is -2.40. The van der Waals surface area contributed by atoms with Gasteiger partial charge in [0.2, 0.25) is 0 Å². The van der Waals surface area contributed by atoms with Crippen LogP contribution >= 0.6 is 0 Å². The highest BCUT2D eigenvalue weighted by molar-refractivity contribution is 5.91. The summed E-state index contributed by atoms with van der Waals surface area (Å²) in [6, 6.07) is 29.6. The number of hydrogen-bond acceptors (Lipinski definition) is 8. The van der Waals surface area contributed by atoms with Crippen LogP contribution in [0.3, 0.4) is 0 Å². The van der Waals surface area contributed by atoms with Crippen LogP contribution in [0.1, 0.15) is 87.4 Å². The van der Waals surface area contributed by atoms with Crippen LogP contribution in [0.15, 0.2) is 97.1 Å². The summed E-state index contributed by atoms with van der Waals surface area (Å²) in [5.74, 6) is -1.84. The highest BCUT2D eigenvalue weighted by Gasteiger charge is 2.52. The molecule has 8 nitrogen and oxygen atoms in total. The van der Waals surface area contributed by atoms with Crippen LogP contribution in [-0.4, -0.2) is 52.3 Å². The maximum absolute atomic E-state index is 12.2. The third-order valence-corrected chi connectivity index (χ3v) is 8.41. The number of benzene rings is 4. The predicted octanol–water partition coefficient (Wildman–Crippen LogP) is 6.28. The van der Waals surface area contributed by atoms with Crippen molar-refractivity contribution in [3.63, 3.8) is 0 Å². The normalized spacial score (nSPS) is 18.8. The van der Waals surface area contributed by atoms with E-state index in [-0.39, 0.29) is 23.7 Å². The number of rotatable bonds is 8. The van der Waals surface area contributed by atoms with E-state index in [1.807, 2.05) is 48.5 Å².